The molecule has 0 saturated carbocycles. The lowest BCUT2D eigenvalue weighted by molar-refractivity contribution is -0.384. The zero-order valence-corrected chi connectivity index (χ0v) is 12.1. The molecule has 0 spiro atoms. The van der Waals surface area contributed by atoms with Gasteiger partial charge in [-0.2, -0.15) is 0 Å². The van der Waals surface area contributed by atoms with Crippen molar-refractivity contribution in [1.29, 1.82) is 0 Å². The molecule has 0 unspecified atom stereocenters. The Morgan fingerprint density at radius 2 is 2.16 bits per heavy atom. The van der Waals surface area contributed by atoms with Crippen molar-refractivity contribution in [2.45, 2.75) is 10.8 Å². The van der Waals surface area contributed by atoms with Gasteiger partial charge in [-0.15, -0.1) is 11.8 Å². The number of anilines is 1. The van der Waals surface area contributed by atoms with Crippen LogP contribution in [0.5, 0.6) is 0 Å². The second-order valence-electron chi connectivity index (χ2n) is 3.75. The van der Waals surface area contributed by atoms with E-state index in [2.05, 4.69) is 20.9 Å². The highest BCUT2D eigenvalue weighted by Crippen LogP contribution is 2.28. The van der Waals surface area contributed by atoms with Crippen LogP contribution < -0.4 is 5.73 Å². The third-order valence-electron chi connectivity index (χ3n) is 2.38. The molecule has 1 heterocycles. The van der Waals surface area contributed by atoms with Crippen molar-refractivity contribution in [3.05, 3.63) is 56.7 Å². The first-order valence-corrected chi connectivity index (χ1v) is 7.11. The minimum atomic E-state index is -0.413. The van der Waals surface area contributed by atoms with Crippen molar-refractivity contribution in [2.75, 3.05) is 5.73 Å². The zero-order chi connectivity index (χ0) is 13.8. The van der Waals surface area contributed by atoms with Crippen LogP contribution >= 0.6 is 27.7 Å². The Morgan fingerprint density at radius 1 is 1.37 bits per heavy atom. The minimum Gasteiger partial charge on any atom is -0.397 e. The predicted octanol–water partition coefficient (Wildman–Crippen LogP) is 3.63. The molecule has 0 aliphatic rings. The summed E-state index contributed by atoms with van der Waals surface area (Å²) in [6.45, 7) is 0. The summed E-state index contributed by atoms with van der Waals surface area (Å²) in [7, 11) is 0. The van der Waals surface area contributed by atoms with E-state index < -0.39 is 4.92 Å². The van der Waals surface area contributed by atoms with E-state index in [-0.39, 0.29) is 5.69 Å². The Balaban J connectivity index is 2.07. The van der Waals surface area contributed by atoms with Gasteiger partial charge in [0.05, 0.1) is 21.8 Å². The molecule has 0 aliphatic carbocycles. The summed E-state index contributed by atoms with van der Waals surface area (Å²) >= 11 is 4.89. The van der Waals surface area contributed by atoms with Gasteiger partial charge in [0.15, 0.2) is 0 Å². The largest absolute Gasteiger partial charge is 0.397 e. The third-order valence-corrected chi connectivity index (χ3v) is 4.11. The van der Waals surface area contributed by atoms with Crippen molar-refractivity contribution in [3.63, 3.8) is 0 Å². The summed E-state index contributed by atoms with van der Waals surface area (Å²) in [6.07, 6.45) is 1.60. The normalized spacial score (nSPS) is 10.4. The van der Waals surface area contributed by atoms with Crippen LogP contribution in [0.3, 0.4) is 0 Å². The van der Waals surface area contributed by atoms with Crippen molar-refractivity contribution in [3.8, 4) is 0 Å². The van der Waals surface area contributed by atoms with Gasteiger partial charge in [-0.1, -0.05) is 22.0 Å². The number of non-ortho nitro benzene ring substituents is 1. The third kappa shape index (κ3) is 3.68. The van der Waals surface area contributed by atoms with E-state index in [1.54, 1.807) is 30.1 Å². The molecule has 19 heavy (non-hydrogen) atoms. The monoisotopic (exact) mass is 339 g/mol. The molecule has 0 amide bonds. The molecule has 1 aromatic heterocycles. The van der Waals surface area contributed by atoms with Crippen molar-refractivity contribution < 1.29 is 4.92 Å². The molecule has 2 aromatic rings. The van der Waals surface area contributed by atoms with E-state index in [1.165, 1.54) is 12.1 Å². The molecule has 0 atom stereocenters. The average Bonchev–Trinajstić information content (AvgIpc) is 2.39. The Labute approximate surface area is 122 Å². The first-order valence-electron chi connectivity index (χ1n) is 5.33. The van der Waals surface area contributed by atoms with E-state index in [0.717, 1.165) is 15.1 Å². The number of aromatic nitrogens is 1. The Morgan fingerprint density at radius 3 is 2.74 bits per heavy atom. The number of benzene rings is 1. The quantitative estimate of drug-likeness (QED) is 0.522. The van der Waals surface area contributed by atoms with Crippen molar-refractivity contribution in [1.82, 2.24) is 4.98 Å². The van der Waals surface area contributed by atoms with Gasteiger partial charge in [0, 0.05) is 22.4 Å². The number of nitrogens with zero attached hydrogens (tertiary/aromatic N) is 2. The van der Waals surface area contributed by atoms with Gasteiger partial charge in [0.25, 0.3) is 5.69 Å². The number of nitrogen functional groups attached to an aromatic ring is 1. The van der Waals surface area contributed by atoms with Crippen LogP contribution in [0.4, 0.5) is 11.4 Å². The molecule has 98 valence electrons. The maximum atomic E-state index is 10.6. The molecule has 1 aromatic carbocycles. The van der Waals surface area contributed by atoms with Crippen LogP contribution in [0, 0.1) is 10.1 Å². The fraction of sp³-hybridized carbons (Fsp3) is 0.0833. The molecule has 7 heteroatoms. The minimum absolute atomic E-state index is 0.0752. The number of nitro benzene ring substituents is 1. The van der Waals surface area contributed by atoms with Crippen molar-refractivity contribution in [2.24, 2.45) is 0 Å². The van der Waals surface area contributed by atoms with Gasteiger partial charge in [-0.05, 0) is 17.7 Å². The predicted molar refractivity (Wildman–Crippen MR) is 79.0 cm³/mol. The molecular formula is C12H10BrN3O2S. The summed E-state index contributed by atoms with van der Waals surface area (Å²) in [6, 6.07) is 8.38. The highest BCUT2D eigenvalue weighted by atomic mass is 79.9. The maximum Gasteiger partial charge on any atom is 0.270 e. The summed E-state index contributed by atoms with van der Waals surface area (Å²) < 4.78 is 0.727. The topological polar surface area (TPSA) is 82.0 Å². The number of hydrogen-bond donors (Lipinski definition) is 1. The number of hydrogen-bond acceptors (Lipinski definition) is 5. The Kier molecular flexibility index (Phi) is 4.39. The molecular weight excluding hydrogens is 330 g/mol. The number of thioether (sulfide) groups is 1. The number of halogens is 1. The lowest BCUT2D eigenvalue weighted by Crippen LogP contribution is -1.91. The van der Waals surface area contributed by atoms with E-state index >= 15 is 0 Å². The highest BCUT2D eigenvalue weighted by molar-refractivity contribution is 9.10. The standard InChI is InChI=1S/C12H10BrN3O2S/c13-11-5-10(16(17)18)3-1-8(11)7-19-12-4-2-9(14)6-15-12/h1-6H,7,14H2. The second-order valence-corrected chi connectivity index (χ2v) is 5.60. The average molecular weight is 340 g/mol. The van der Waals surface area contributed by atoms with Crippen LogP contribution in [-0.4, -0.2) is 9.91 Å². The van der Waals surface area contributed by atoms with Gasteiger partial charge in [0.2, 0.25) is 0 Å². The number of pyridine rings is 1. The first kappa shape index (κ1) is 13.8. The summed E-state index contributed by atoms with van der Waals surface area (Å²) in [5.41, 5.74) is 7.24. The number of nitro groups is 1. The maximum absolute atomic E-state index is 10.6. The van der Waals surface area contributed by atoms with E-state index in [9.17, 15) is 10.1 Å². The summed E-state index contributed by atoms with van der Waals surface area (Å²) in [5.74, 6) is 0.676. The van der Waals surface area contributed by atoms with Crippen LogP contribution in [-0.2, 0) is 5.75 Å². The van der Waals surface area contributed by atoms with Crippen LogP contribution in [0.25, 0.3) is 0 Å². The number of nitrogens with two attached hydrogens (primary N) is 1. The molecule has 2 N–H and O–H groups in total. The molecule has 5 nitrogen and oxygen atoms in total. The Hall–Kier alpha value is -1.60. The number of rotatable bonds is 4. The van der Waals surface area contributed by atoms with Crippen LogP contribution in [0.2, 0.25) is 0 Å². The molecule has 0 aliphatic heterocycles. The van der Waals surface area contributed by atoms with Gasteiger partial charge >= 0.3 is 0 Å². The smallest absolute Gasteiger partial charge is 0.270 e. The molecule has 0 radical (unpaired) electrons. The highest BCUT2D eigenvalue weighted by Gasteiger charge is 2.09. The fourth-order valence-electron chi connectivity index (χ4n) is 1.40. The van der Waals surface area contributed by atoms with Gasteiger partial charge in [-0.25, -0.2) is 4.98 Å². The van der Waals surface area contributed by atoms with Crippen LogP contribution in [0.1, 0.15) is 5.56 Å². The fourth-order valence-corrected chi connectivity index (χ4v) is 2.93. The van der Waals surface area contributed by atoms with Gasteiger partial charge < -0.3 is 5.73 Å². The zero-order valence-electron chi connectivity index (χ0n) is 9.75. The first-order chi connectivity index (χ1) is 9.06. The van der Waals surface area contributed by atoms with E-state index in [0.29, 0.717) is 11.4 Å². The summed E-state index contributed by atoms with van der Waals surface area (Å²) in [5, 5.41) is 11.5. The van der Waals surface area contributed by atoms with E-state index in [4.69, 9.17) is 5.73 Å². The molecule has 2 rings (SSSR count). The van der Waals surface area contributed by atoms with Gasteiger partial charge in [-0.3, -0.25) is 10.1 Å². The van der Waals surface area contributed by atoms with Crippen LogP contribution in [0.15, 0.2) is 46.0 Å². The molecule has 0 saturated heterocycles. The lowest BCUT2D eigenvalue weighted by atomic mass is 10.2. The summed E-state index contributed by atoms with van der Waals surface area (Å²) in [4.78, 5) is 14.4. The SMILES string of the molecule is Nc1ccc(SCc2ccc([N+](=O)[O-])cc2Br)nc1. The Bertz CT molecular complexity index is 604. The lowest BCUT2D eigenvalue weighted by Gasteiger charge is -2.04. The molecule has 0 fully saturated rings. The molecule has 0 bridgehead atoms. The van der Waals surface area contributed by atoms with Crippen molar-refractivity contribution >= 4 is 39.1 Å². The van der Waals surface area contributed by atoms with Gasteiger partial charge in [0.1, 0.15) is 0 Å². The van der Waals surface area contributed by atoms with E-state index in [1.807, 2.05) is 6.07 Å². The second kappa shape index (κ2) is 6.03.